The predicted molar refractivity (Wildman–Crippen MR) is 84.4 cm³/mol. The van der Waals surface area contributed by atoms with E-state index in [1.165, 1.54) is 6.42 Å². The van der Waals surface area contributed by atoms with Gasteiger partial charge in [-0.3, -0.25) is 4.79 Å². The molecule has 0 saturated heterocycles. The molecule has 0 aromatic heterocycles. The number of amides is 1. The Morgan fingerprint density at radius 2 is 1.81 bits per heavy atom. The van der Waals surface area contributed by atoms with Gasteiger partial charge in [-0.15, -0.1) is 0 Å². The van der Waals surface area contributed by atoms with Crippen molar-refractivity contribution in [1.29, 1.82) is 0 Å². The normalized spacial score (nSPS) is 17.4. The number of nitrogens with one attached hydrogen (secondary N) is 2. The van der Waals surface area contributed by atoms with Crippen molar-refractivity contribution in [2.75, 3.05) is 19.6 Å². The second kappa shape index (κ2) is 7.57. The molecule has 0 aliphatic heterocycles. The van der Waals surface area contributed by atoms with Gasteiger partial charge in [-0.05, 0) is 31.9 Å². The first kappa shape index (κ1) is 16.0. The first-order valence-corrected chi connectivity index (χ1v) is 7.87. The zero-order valence-electron chi connectivity index (χ0n) is 12.8. The van der Waals surface area contributed by atoms with Crippen molar-refractivity contribution in [2.45, 2.75) is 44.6 Å². The lowest BCUT2D eigenvalue weighted by molar-refractivity contribution is 0.00522. The minimum absolute atomic E-state index is 0.0480. The molecular weight excluding hydrogens is 264 g/mol. The third kappa shape index (κ3) is 5.14. The fraction of sp³-hybridized carbons (Fsp3) is 0.588. The molecule has 0 spiro atoms. The van der Waals surface area contributed by atoms with E-state index in [0.717, 1.165) is 31.2 Å². The van der Waals surface area contributed by atoms with Gasteiger partial charge in [-0.2, -0.15) is 0 Å². The van der Waals surface area contributed by atoms with Gasteiger partial charge < -0.3 is 15.7 Å². The molecule has 0 bridgehead atoms. The van der Waals surface area contributed by atoms with Gasteiger partial charge in [0.05, 0.1) is 5.60 Å². The molecule has 3 N–H and O–H groups in total. The Hall–Kier alpha value is -1.39. The van der Waals surface area contributed by atoms with E-state index < -0.39 is 5.60 Å². The minimum atomic E-state index is -0.542. The van der Waals surface area contributed by atoms with Crippen LogP contribution in [0.5, 0.6) is 0 Å². The molecule has 116 valence electrons. The molecule has 1 amide bonds. The van der Waals surface area contributed by atoms with Crippen molar-refractivity contribution >= 4 is 5.91 Å². The fourth-order valence-electron chi connectivity index (χ4n) is 2.78. The molecule has 2 rings (SSSR count). The largest absolute Gasteiger partial charge is 0.389 e. The van der Waals surface area contributed by atoms with Crippen molar-refractivity contribution < 1.29 is 9.90 Å². The Balaban J connectivity index is 1.63. The lowest BCUT2D eigenvalue weighted by Crippen LogP contribution is -2.44. The van der Waals surface area contributed by atoms with Crippen molar-refractivity contribution in [1.82, 2.24) is 10.6 Å². The summed E-state index contributed by atoms with van der Waals surface area (Å²) in [5.74, 6) is -0.0480. The van der Waals surface area contributed by atoms with Crippen LogP contribution in [0.2, 0.25) is 0 Å². The predicted octanol–water partition coefficient (Wildman–Crippen LogP) is 2.01. The zero-order chi connectivity index (χ0) is 15.1. The summed E-state index contributed by atoms with van der Waals surface area (Å²) in [6.07, 6.45) is 5.23. The number of benzene rings is 1. The molecule has 4 heteroatoms. The standard InChI is InChI=1S/C17H26N2O2/c1-14-5-7-15(8-6-14)16(20)19-12-11-18-13-17(21)9-3-2-4-10-17/h5-8,18,21H,2-4,9-13H2,1H3,(H,19,20). The van der Waals surface area contributed by atoms with Crippen LogP contribution in [0.25, 0.3) is 0 Å². The van der Waals surface area contributed by atoms with Crippen LogP contribution >= 0.6 is 0 Å². The molecule has 0 unspecified atom stereocenters. The maximum atomic E-state index is 11.9. The zero-order valence-corrected chi connectivity index (χ0v) is 12.8. The average molecular weight is 290 g/mol. The lowest BCUT2D eigenvalue weighted by Gasteiger charge is -2.32. The second-order valence-corrected chi connectivity index (χ2v) is 6.08. The molecule has 1 aliphatic carbocycles. The maximum Gasteiger partial charge on any atom is 0.251 e. The summed E-state index contributed by atoms with van der Waals surface area (Å²) in [6.45, 7) is 3.87. The molecule has 0 radical (unpaired) electrons. The molecule has 1 aromatic carbocycles. The summed E-state index contributed by atoms with van der Waals surface area (Å²) in [5.41, 5.74) is 1.29. The van der Waals surface area contributed by atoms with Crippen LogP contribution in [-0.4, -0.2) is 36.2 Å². The number of aliphatic hydroxyl groups is 1. The molecule has 1 fully saturated rings. The van der Waals surface area contributed by atoms with Crippen molar-refractivity contribution in [3.05, 3.63) is 35.4 Å². The third-order valence-corrected chi connectivity index (χ3v) is 4.14. The van der Waals surface area contributed by atoms with Crippen molar-refractivity contribution in [2.24, 2.45) is 0 Å². The molecule has 21 heavy (non-hydrogen) atoms. The van der Waals surface area contributed by atoms with E-state index in [9.17, 15) is 9.90 Å². The Kier molecular flexibility index (Phi) is 5.76. The van der Waals surface area contributed by atoms with Crippen LogP contribution in [0.1, 0.15) is 48.0 Å². The number of carbonyl (C=O) groups excluding carboxylic acids is 1. The number of rotatable bonds is 6. The van der Waals surface area contributed by atoms with E-state index in [1.54, 1.807) is 0 Å². The number of aryl methyl sites for hydroxylation is 1. The van der Waals surface area contributed by atoms with Crippen LogP contribution in [0.15, 0.2) is 24.3 Å². The summed E-state index contributed by atoms with van der Waals surface area (Å²) in [5, 5.41) is 16.5. The molecule has 1 aliphatic rings. The van der Waals surface area contributed by atoms with Crippen LogP contribution in [0, 0.1) is 6.92 Å². The van der Waals surface area contributed by atoms with Gasteiger partial charge in [0.2, 0.25) is 0 Å². The van der Waals surface area contributed by atoms with Crippen LogP contribution in [0.4, 0.5) is 0 Å². The van der Waals surface area contributed by atoms with Crippen LogP contribution in [-0.2, 0) is 0 Å². The monoisotopic (exact) mass is 290 g/mol. The lowest BCUT2D eigenvalue weighted by atomic mass is 9.85. The minimum Gasteiger partial charge on any atom is -0.389 e. The number of carbonyl (C=O) groups is 1. The number of hydrogen-bond acceptors (Lipinski definition) is 3. The van der Waals surface area contributed by atoms with Crippen molar-refractivity contribution in [3.8, 4) is 0 Å². The average Bonchev–Trinajstić information content (AvgIpc) is 2.48. The summed E-state index contributed by atoms with van der Waals surface area (Å²) in [4.78, 5) is 11.9. The van der Waals surface area contributed by atoms with E-state index in [4.69, 9.17) is 0 Å². The van der Waals surface area contributed by atoms with Gasteiger partial charge in [0.25, 0.3) is 5.91 Å². The Labute approximate surface area is 126 Å². The van der Waals surface area contributed by atoms with Gasteiger partial charge in [0.1, 0.15) is 0 Å². The smallest absolute Gasteiger partial charge is 0.251 e. The molecule has 0 atom stereocenters. The van der Waals surface area contributed by atoms with Crippen LogP contribution in [0.3, 0.4) is 0 Å². The topological polar surface area (TPSA) is 61.4 Å². The maximum absolute atomic E-state index is 11.9. The van der Waals surface area contributed by atoms with Gasteiger partial charge in [-0.25, -0.2) is 0 Å². The Morgan fingerprint density at radius 3 is 2.48 bits per heavy atom. The molecular formula is C17H26N2O2. The van der Waals surface area contributed by atoms with E-state index in [0.29, 0.717) is 25.2 Å². The van der Waals surface area contributed by atoms with Crippen LogP contribution < -0.4 is 10.6 Å². The summed E-state index contributed by atoms with van der Waals surface area (Å²) in [6, 6.07) is 7.54. The van der Waals surface area contributed by atoms with E-state index in [1.807, 2.05) is 31.2 Å². The fourth-order valence-corrected chi connectivity index (χ4v) is 2.78. The Morgan fingerprint density at radius 1 is 1.14 bits per heavy atom. The second-order valence-electron chi connectivity index (χ2n) is 6.08. The van der Waals surface area contributed by atoms with Gasteiger partial charge in [-0.1, -0.05) is 37.0 Å². The SMILES string of the molecule is Cc1ccc(C(=O)NCCNCC2(O)CCCCC2)cc1. The summed E-state index contributed by atoms with van der Waals surface area (Å²) in [7, 11) is 0. The van der Waals surface area contributed by atoms with Gasteiger partial charge in [0, 0.05) is 25.2 Å². The summed E-state index contributed by atoms with van der Waals surface area (Å²) < 4.78 is 0. The molecule has 4 nitrogen and oxygen atoms in total. The van der Waals surface area contributed by atoms with E-state index in [2.05, 4.69) is 10.6 Å². The van der Waals surface area contributed by atoms with Gasteiger partial charge in [0.15, 0.2) is 0 Å². The Bertz CT molecular complexity index is 450. The van der Waals surface area contributed by atoms with Crippen molar-refractivity contribution in [3.63, 3.8) is 0 Å². The van der Waals surface area contributed by atoms with Gasteiger partial charge >= 0.3 is 0 Å². The number of hydrogen-bond donors (Lipinski definition) is 3. The molecule has 1 saturated carbocycles. The highest BCUT2D eigenvalue weighted by atomic mass is 16.3. The first-order chi connectivity index (χ1) is 10.1. The van der Waals surface area contributed by atoms with E-state index in [-0.39, 0.29) is 5.91 Å². The quantitative estimate of drug-likeness (QED) is 0.702. The highest BCUT2D eigenvalue weighted by Gasteiger charge is 2.28. The van der Waals surface area contributed by atoms with E-state index >= 15 is 0 Å². The summed E-state index contributed by atoms with van der Waals surface area (Å²) >= 11 is 0. The molecule has 1 aromatic rings. The highest BCUT2D eigenvalue weighted by molar-refractivity contribution is 5.94. The third-order valence-electron chi connectivity index (χ3n) is 4.14. The first-order valence-electron chi connectivity index (χ1n) is 7.87. The molecule has 0 heterocycles. The highest BCUT2D eigenvalue weighted by Crippen LogP contribution is 2.27.